The van der Waals surface area contributed by atoms with Crippen molar-refractivity contribution >= 4 is 71.7 Å². The van der Waals surface area contributed by atoms with E-state index in [9.17, 15) is 0 Å². The number of para-hydroxylation sites is 3. The van der Waals surface area contributed by atoms with Crippen molar-refractivity contribution < 1.29 is 4.42 Å². The molecule has 1 aliphatic heterocycles. The summed E-state index contributed by atoms with van der Waals surface area (Å²) in [6.45, 7) is 0. The summed E-state index contributed by atoms with van der Waals surface area (Å²) in [5, 5.41) is 5.66. The first kappa shape index (κ1) is 26.6. The molecule has 1 atom stereocenters. The number of fused-ring (bicyclic) bond motifs is 10. The van der Waals surface area contributed by atoms with Gasteiger partial charge in [-0.25, -0.2) is 9.97 Å². The Hall–Kier alpha value is -6.46. The molecular formula is C44H28N4O. The van der Waals surface area contributed by atoms with Crippen LogP contribution in [0.5, 0.6) is 0 Å². The van der Waals surface area contributed by atoms with Crippen LogP contribution in [0, 0.1) is 0 Å². The topological polar surface area (TPSA) is 47.1 Å². The molecule has 0 radical (unpaired) electrons. The number of aromatic nitrogens is 3. The van der Waals surface area contributed by atoms with Crippen LogP contribution in [0.25, 0.3) is 66.2 Å². The predicted molar refractivity (Wildman–Crippen MR) is 200 cm³/mol. The maximum atomic E-state index is 6.18. The molecule has 4 heterocycles. The third kappa shape index (κ3) is 3.87. The van der Waals surface area contributed by atoms with E-state index in [2.05, 4.69) is 149 Å². The normalized spacial score (nSPS) is 15.7. The van der Waals surface area contributed by atoms with E-state index in [0.717, 1.165) is 50.5 Å². The molecule has 2 aliphatic rings. The molecule has 0 N–H and O–H groups in total. The largest absolute Gasteiger partial charge is 0.436 e. The monoisotopic (exact) mass is 628 g/mol. The van der Waals surface area contributed by atoms with Gasteiger partial charge in [-0.3, -0.25) is 4.57 Å². The molecule has 0 amide bonds. The fourth-order valence-corrected chi connectivity index (χ4v) is 8.14. The molecule has 1 aliphatic carbocycles. The lowest BCUT2D eigenvalue weighted by Crippen LogP contribution is -2.15. The quantitative estimate of drug-likeness (QED) is 0.195. The Labute approximate surface area is 281 Å². The lowest BCUT2D eigenvalue weighted by atomic mass is 9.84. The van der Waals surface area contributed by atoms with Crippen LogP contribution in [0.2, 0.25) is 0 Å². The van der Waals surface area contributed by atoms with Gasteiger partial charge in [-0.2, -0.15) is 0 Å². The summed E-state index contributed by atoms with van der Waals surface area (Å²) < 4.78 is 8.41. The lowest BCUT2D eigenvalue weighted by Gasteiger charge is -2.26. The molecule has 0 fully saturated rings. The highest BCUT2D eigenvalue weighted by Gasteiger charge is 2.36. The van der Waals surface area contributed by atoms with E-state index in [1.807, 2.05) is 12.3 Å². The summed E-state index contributed by atoms with van der Waals surface area (Å²) >= 11 is 0. The van der Waals surface area contributed by atoms with Crippen molar-refractivity contribution in [1.82, 2.24) is 14.5 Å². The highest BCUT2D eigenvalue weighted by Crippen LogP contribution is 2.52. The molecule has 5 nitrogen and oxygen atoms in total. The molecule has 0 spiro atoms. The molecule has 11 rings (SSSR count). The molecule has 6 aromatic carbocycles. The smallest absolute Gasteiger partial charge is 0.246 e. The lowest BCUT2D eigenvalue weighted by molar-refractivity contribution is 0.653. The Bertz CT molecular complexity index is 2880. The minimum absolute atomic E-state index is 0.303. The fraction of sp³-hybridized carbons (Fsp3) is 0.0455. The van der Waals surface area contributed by atoms with E-state index >= 15 is 0 Å². The zero-order valence-electron chi connectivity index (χ0n) is 26.4. The van der Waals surface area contributed by atoms with Crippen LogP contribution in [0.3, 0.4) is 0 Å². The number of anilines is 2. The average molecular weight is 629 g/mol. The Morgan fingerprint density at radius 1 is 0.653 bits per heavy atom. The van der Waals surface area contributed by atoms with Gasteiger partial charge in [-0.05, 0) is 88.5 Å². The molecule has 0 saturated carbocycles. The predicted octanol–water partition coefficient (Wildman–Crippen LogP) is 11.2. The van der Waals surface area contributed by atoms with E-state index < -0.39 is 0 Å². The van der Waals surface area contributed by atoms with Gasteiger partial charge in [-0.15, -0.1) is 0 Å². The fourth-order valence-electron chi connectivity index (χ4n) is 8.14. The highest BCUT2D eigenvalue weighted by atomic mass is 16.3. The van der Waals surface area contributed by atoms with Crippen molar-refractivity contribution in [3.05, 3.63) is 169 Å². The van der Waals surface area contributed by atoms with Gasteiger partial charge in [0.1, 0.15) is 11.1 Å². The molecule has 5 heteroatoms. The number of benzene rings is 6. The molecule has 0 saturated heterocycles. The number of hydrogen-bond acceptors (Lipinski definition) is 4. The second kappa shape index (κ2) is 10.0. The van der Waals surface area contributed by atoms with Crippen molar-refractivity contribution in [2.75, 3.05) is 4.90 Å². The van der Waals surface area contributed by atoms with Crippen molar-refractivity contribution in [2.45, 2.75) is 12.3 Å². The van der Waals surface area contributed by atoms with E-state index in [-0.39, 0.29) is 0 Å². The van der Waals surface area contributed by atoms with Gasteiger partial charge in [0, 0.05) is 39.1 Å². The van der Waals surface area contributed by atoms with E-state index in [1.165, 1.54) is 44.5 Å². The summed E-state index contributed by atoms with van der Waals surface area (Å²) in [5.74, 6) is 1.08. The second-order valence-electron chi connectivity index (χ2n) is 13.0. The maximum absolute atomic E-state index is 6.18. The van der Waals surface area contributed by atoms with Gasteiger partial charge in [0.15, 0.2) is 5.82 Å². The van der Waals surface area contributed by atoms with E-state index in [1.54, 1.807) is 0 Å². The molecule has 230 valence electrons. The minimum Gasteiger partial charge on any atom is -0.436 e. The molecular weight excluding hydrogens is 601 g/mol. The highest BCUT2D eigenvalue weighted by molar-refractivity contribution is 6.11. The van der Waals surface area contributed by atoms with Crippen LogP contribution in [-0.2, 0) is 0 Å². The Balaban J connectivity index is 1.05. The van der Waals surface area contributed by atoms with Gasteiger partial charge in [0.2, 0.25) is 5.71 Å². The van der Waals surface area contributed by atoms with Crippen molar-refractivity contribution in [3.63, 3.8) is 0 Å². The average Bonchev–Trinajstić information content (AvgIpc) is 3.80. The first-order valence-corrected chi connectivity index (χ1v) is 16.8. The zero-order chi connectivity index (χ0) is 32.1. The Morgan fingerprint density at radius 3 is 2.35 bits per heavy atom. The van der Waals surface area contributed by atoms with Crippen LogP contribution in [0.1, 0.15) is 23.5 Å². The van der Waals surface area contributed by atoms with Crippen molar-refractivity contribution in [1.29, 1.82) is 0 Å². The van der Waals surface area contributed by atoms with Gasteiger partial charge < -0.3 is 9.32 Å². The van der Waals surface area contributed by atoms with Crippen LogP contribution in [-0.4, -0.2) is 14.5 Å². The van der Waals surface area contributed by atoms with E-state index in [4.69, 9.17) is 14.4 Å². The van der Waals surface area contributed by atoms with Gasteiger partial charge in [0.05, 0.1) is 17.2 Å². The van der Waals surface area contributed by atoms with Crippen LogP contribution >= 0.6 is 0 Å². The third-order valence-electron chi connectivity index (χ3n) is 10.4. The molecule has 1 unspecified atom stereocenters. The summed E-state index contributed by atoms with van der Waals surface area (Å²) in [4.78, 5) is 12.4. The summed E-state index contributed by atoms with van der Waals surface area (Å²) in [5.41, 5.74) is 12.1. The van der Waals surface area contributed by atoms with Gasteiger partial charge >= 0.3 is 0 Å². The van der Waals surface area contributed by atoms with Crippen molar-refractivity contribution in [2.24, 2.45) is 0 Å². The molecule has 9 aromatic rings. The second-order valence-corrected chi connectivity index (χ2v) is 13.0. The number of hydrogen-bond donors (Lipinski definition) is 0. The summed E-state index contributed by atoms with van der Waals surface area (Å²) in [7, 11) is 0. The van der Waals surface area contributed by atoms with E-state index in [0.29, 0.717) is 11.6 Å². The van der Waals surface area contributed by atoms with Crippen LogP contribution < -0.4 is 4.90 Å². The standard InChI is InChI=1S/C44H28N4O/c1-2-12-31(13-3-1)47-37-16-8-6-14-32(37)34-22-29(18-20-39(34)47)30-19-21-40-35(23-30)33-15-7-9-17-38(33)48(40)42-26-45-44-43(46-42)36-24-27-10-4-5-11-28(27)25-41(36)49-44/h1-21,23-26,34H,22H2. The Kier molecular flexibility index (Phi) is 5.44. The van der Waals surface area contributed by atoms with Crippen molar-refractivity contribution in [3.8, 4) is 5.82 Å². The summed E-state index contributed by atoms with van der Waals surface area (Å²) in [6.07, 6.45) is 7.42. The number of allylic oxidation sites excluding steroid dienone is 4. The minimum atomic E-state index is 0.303. The first-order chi connectivity index (χ1) is 24.3. The number of nitrogens with zero attached hydrogens (tertiary/aromatic N) is 4. The van der Waals surface area contributed by atoms with Gasteiger partial charge in [-0.1, -0.05) is 91.0 Å². The van der Waals surface area contributed by atoms with Gasteiger partial charge in [0.25, 0.3) is 0 Å². The molecule has 0 bridgehead atoms. The molecule has 3 aromatic heterocycles. The third-order valence-corrected chi connectivity index (χ3v) is 10.4. The first-order valence-electron chi connectivity index (χ1n) is 16.8. The number of furan rings is 1. The Morgan fingerprint density at radius 2 is 1.43 bits per heavy atom. The number of rotatable bonds is 3. The van der Waals surface area contributed by atoms with Crippen LogP contribution in [0.15, 0.2) is 162 Å². The summed E-state index contributed by atoms with van der Waals surface area (Å²) in [6, 6.07) is 47.6. The maximum Gasteiger partial charge on any atom is 0.246 e. The zero-order valence-corrected chi connectivity index (χ0v) is 26.4. The molecule has 49 heavy (non-hydrogen) atoms. The SMILES string of the molecule is C1=C(c2ccc3c(c2)c2ccccc2n3-c2cnc3oc4cc5ccccc5cc4c3n2)CC2C(=C1)N(c1ccccc1)c1ccccc12. The van der Waals surface area contributed by atoms with Crippen LogP contribution in [0.4, 0.5) is 11.4 Å².